The molecule has 0 amide bonds. The minimum absolute atomic E-state index is 0.526. The average Bonchev–Trinajstić information content (AvgIpc) is 2.74. The Balaban J connectivity index is 1.35. The number of hydrogen-bond donors (Lipinski definition) is 0. The minimum atomic E-state index is 0.526. The molecule has 0 aromatic heterocycles. The lowest BCUT2D eigenvalue weighted by Crippen LogP contribution is -2.26. The first-order valence-electron chi connectivity index (χ1n) is 12.0. The Morgan fingerprint density at radius 3 is 2.19 bits per heavy atom. The summed E-state index contributed by atoms with van der Waals surface area (Å²) in [7, 11) is 0. The number of benzene rings is 1. The van der Waals surface area contributed by atoms with E-state index in [1.807, 2.05) is 0 Å². The summed E-state index contributed by atoms with van der Waals surface area (Å²) in [5.41, 5.74) is 2.99. The number of ether oxygens (including phenoxy) is 1. The molecule has 1 aliphatic heterocycles. The van der Waals surface area contributed by atoms with Gasteiger partial charge >= 0.3 is 0 Å². The molecule has 2 atom stereocenters. The molecule has 27 heavy (non-hydrogen) atoms. The fourth-order valence-electron chi connectivity index (χ4n) is 5.18. The summed E-state index contributed by atoms with van der Waals surface area (Å²) in [5, 5.41) is 0. The van der Waals surface area contributed by atoms with Gasteiger partial charge in [0.05, 0.1) is 12.7 Å². The van der Waals surface area contributed by atoms with E-state index in [0.717, 1.165) is 18.4 Å². The molecule has 0 spiro atoms. The molecule has 1 nitrogen and oxygen atoms in total. The second-order valence-electron chi connectivity index (χ2n) is 9.30. The van der Waals surface area contributed by atoms with Crippen molar-refractivity contribution in [1.82, 2.24) is 0 Å². The lowest BCUT2D eigenvalue weighted by molar-refractivity contribution is -0.00526. The van der Waals surface area contributed by atoms with Crippen LogP contribution in [0.2, 0.25) is 0 Å². The van der Waals surface area contributed by atoms with Crippen molar-refractivity contribution < 1.29 is 4.74 Å². The van der Waals surface area contributed by atoms with Gasteiger partial charge in [0.1, 0.15) is 0 Å². The number of hydrogen-bond acceptors (Lipinski definition) is 1. The summed E-state index contributed by atoms with van der Waals surface area (Å²) in [5.74, 6) is 2.62. The van der Waals surface area contributed by atoms with Crippen molar-refractivity contribution in [3.63, 3.8) is 0 Å². The third-order valence-corrected chi connectivity index (χ3v) is 7.33. The zero-order valence-electron chi connectivity index (χ0n) is 17.9. The van der Waals surface area contributed by atoms with Crippen LogP contribution in [-0.4, -0.2) is 12.7 Å². The highest BCUT2D eigenvalue weighted by Crippen LogP contribution is 2.35. The van der Waals surface area contributed by atoms with E-state index in [1.165, 1.54) is 94.6 Å². The van der Waals surface area contributed by atoms with Gasteiger partial charge in [-0.25, -0.2) is 0 Å². The fraction of sp³-hybridized carbons (Fsp3) is 0.769. The minimum Gasteiger partial charge on any atom is -0.378 e. The number of rotatable bonds is 9. The van der Waals surface area contributed by atoms with Crippen LogP contribution in [0.25, 0.3) is 0 Å². The summed E-state index contributed by atoms with van der Waals surface area (Å²) < 4.78 is 6.29. The zero-order chi connectivity index (χ0) is 18.9. The average molecular weight is 371 g/mol. The smallest absolute Gasteiger partial charge is 0.0575 e. The number of unbranched alkanes of at least 4 members (excludes halogenated alkanes) is 2. The number of aryl methyl sites for hydroxylation is 1. The highest BCUT2D eigenvalue weighted by molar-refractivity contribution is 5.26. The first kappa shape index (κ1) is 20.9. The molecule has 1 aromatic rings. The molecule has 1 saturated carbocycles. The van der Waals surface area contributed by atoms with Gasteiger partial charge in [0.2, 0.25) is 0 Å². The summed E-state index contributed by atoms with van der Waals surface area (Å²) in [6, 6.07) is 9.43. The molecule has 2 fully saturated rings. The van der Waals surface area contributed by atoms with E-state index < -0.39 is 0 Å². The van der Waals surface area contributed by atoms with Crippen LogP contribution in [-0.2, 0) is 11.2 Å². The molecule has 152 valence electrons. The maximum absolute atomic E-state index is 6.29. The quantitative estimate of drug-likeness (QED) is 0.405. The van der Waals surface area contributed by atoms with Crippen LogP contribution in [0.1, 0.15) is 108 Å². The summed E-state index contributed by atoms with van der Waals surface area (Å²) in [6.07, 6.45) is 18.3. The van der Waals surface area contributed by atoms with E-state index in [2.05, 4.69) is 38.1 Å². The topological polar surface area (TPSA) is 9.23 Å². The molecule has 2 unspecified atom stereocenters. The fourth-order valence-corrected chi connectivity index (χ4v) is 5.18. The normalized spacial score (nSPS) is 29.0. The van der Waals surface area contributed by atoms with Gasteiger partial charge in [-0.05, 0) is 61.5 Å². The molecular weight excluding hydrogens is 328 g/mol. The van der Waals surface area contributed by atoms with E-state index >= 15 is 0 Å². The molecule has 1 aromatic carbocycles. The van der Waals surface area contributed by atoms with Crippen molar-refractivity contribution >= 4 is 0 Å². The van der Waals surface area contributed by atoms with Gasteiger partial charge in [0.15, 0.2) is 0 Å². The Hall–Kier alpha value is -0.820. The van der Waals surface area contributed by atoms with Gasteiger partial charge in [0.25, 0.3) is 0 Å². The van der Waals surface area contributed by atoms with Crippen molar-refractivity contribution in [2.45, 2.75) is 109 Å². The maximum atomic E-state index is 6.29. The molecule has 1 aliphatic carbocycles. The monoisotopic (exact) mass is 370 g/mol. The van der Waals surface area contributed by atoms with Gasteiger partial charge < -0.3 is 4.74 Å². The lowest BCUT2D eigenvalue weighted by Gasteiger charge is -2.32. The second-order valence-corrected chi connectivity index (χ2v) is 9.30. The van der Waals surface area contributed by atoms with Crippen molar-refractivity contribution in [1.29, 1.82) is 0 Å². The first-order chi connectivity index (χ1) is 13.3. The highest BCUT2D eigenvalue weighted by atomic mass is 16.5. The Labute approximate surface area is 168 Å². The summed E-state index contributed by atoms with van der Waals surface area (Å²) in [6.45, 7) is 5.57. The van der Waals surface area contributed by atoms with Crippen LogP contribution >= 0.6 is 0 Å². The summed E-state index contributed by atoms with van der Waals surface area (Å²) >= 11 is 0. The Kier molecular flexibility index (Phi) is 8.71. The second kappa shape index (κ2) is 11.2. The van der Waals surface area contributed by atoms with Crippen molar-refractivity contribution in [2.75, 3.05) is 6.61 Å². The van der Waals surface area contributed by atoms with Crippen LogP contribution in [0.3, 0.4) is 0 Å². The first-order valence-corrected chi connectivity index (χ1v) is 12.0. The van der Waals surface area contributed by atoms with E-state index in [-0.39, 0.29) is 0 Å². The van der Waals surface area contributed by atoms with Crippen molar-refractivity contribution in [3.8, 4) is 0 Å². The lowest BCUT2D eigenvalue weighted by atomic mass is 9.78. The zero-order valence-corrected chi connectivity index (χ0v) is 17.9. The SMILES string of the molecule is CCCCCc1ccc(C2CCC(CCC3CCC(CC)CC3)OC2)cc1. The Bertz CT molecular complexity index is 504. The van der Waals surface area contributed by atoms with E-state index in [4.69, 9.17) is 4.74 Å². The van der Waals surface area contributed by atoms with Crippen LogP contribution < -0.4 is 0 Å². The van der Waals surface area contributed by atoms with Crippen LogP contribution in [0, 0.1) is 11.8 Å². The van der Waals surface area contributed by atoms with Gasteiger partial charge in [0, 0.05) is 5.92 Å². The van der Waals surface area contributed by atoms with E-state index in [1.54, 1.807) is 0 Å². The van der Waals surface area contributed by atoms with Gasteiger partial charge in [-0.2, -0.15) is 0 Å². The highest BCUT2D eigenvalue weighted by Gasteiger charge is 2.25. The summed E-state index contributed by atoms with van der Waals surface area (Å²) in [4.78, 5) is 0. The van der Waals surface area contributed by atoms with Crippen LogP contribution in [0.15, 0.2) is 24.3 Å². The molecule has 1 heteroatoms. The molecule has 0 radical (unpaired) electrons. The maximum Gasteiger partial charge on any atom is 0.0575 e. The molecule has 1 heterocycles. The Morgan fingerprint density at radius 1 is 0.815 bits per heavy atom. The van der Waals surface area contributed by atoms with Gasteiger partial charge in [-0.3, -0.25) is 0 Å². The Morgan fingerprint density at radius 2 is 1.56 bits per heavy atom. The van der Waals surface area contributed by atoms with Crippen molar-refractivity contribution in [2.24, 2.45) is 11.8 Å². The van der Waals surface area contributed by atoms with Crippen molar-refractivity contribution in [3.05, 3.63) is 35.4 Å². The predicted molar refractivity (Wildman–Crippen MR) is 116 cm³/mol. The largest absolute Gasteiger partial charge is 0.378 e. The van der Waals surface area contributed by atoms with Gasteiger partial charge in [-0.1, -0.05) is 83.1 Å². The van der Waals surface area contributed by atoms with Crippen LogP contribution in [0.4, 0.5) is 0 Å². The molecule has 2 aliphatic rings. The molecule has 1 saturated heterocycles. The molecular formula is C26H42O. The van der Waals surface area contributed by atoms with E-state index in [9.17, 15) is 0 Å². The molecule has 3 rings (SSSR count). The van der Waals surface area contributed by atoms with E-state index in [0.29, 0.717) is 12.0 Å². The third kappa shape index (κ3) is 6.63. The van der Waals surface area contributed by atoms with Gasteiger partial charge in [-0.15, -0.1) is 0 Å². The molecule has 0 N–H and O–H groups in total. The molecule has 0 bridgehead atoms. The third-order valence-electron chi connectivity index (χ3n) is 7.33. The van der Waals surface area contributed by atoms with Crippen LogP contribution in [0.5, 0.6) is 0 Å². The standard InChI is InChI=1S/C26H42O/c1-3-5-6-7-22-12-15-24(16-13-22)25-17-19-26(27-20-25)18-14-23-10-8-21(4-2)9-11-23/h12-13,15-16,21,23,25-26H,3-11,14,17-20H2,1-2H3. The predicted octanol–water partition coefficient (Wildman–Crippen LogP) is 7.68.